The Balaban J connectivity index is 1.77. The van der Waals surface area contributed by atoms with Gasteiger partial charge in [0.2, 0.25) is 0 Å². The summed E-state index contributed by atoms with van der Waals surface area (Å²) in [5, 5.41) is 3.51. The van der Waals surface area contributed by atoms with Crippen molar-refractivity contribution in [3.05, 3.63) is 95.6 Å². The molecule has 0 spiro atoms. The highest BCUT2D eigenvalue weighted by molar-refractivity contribution is 5.94. The fraction of sp³-hybridized carbons (Fsp3) is 0.393. The van der Waals surface area contributed by atoms with Gasteiger partial charge in [0.1, 0.15) is 0 Å². The van der Waals surface area contributed by atoms with Gasteiger partial charge in [-0.25, -0.2) is 0 Å². The van der Waals surface area contributed by atoms with Crippen LogP contribution in [0.25, 0.3) is 0 Å². The van der Waals surface area contributed by atoms with E-state index in [0.29, 0.717) is 0 Å². The van der Waals surface area contributed by atoms with E-state index in [1.807, 2.05) is 30.9 Å². The third-order valence-electron chi connectivity index (χ3n) is 6.96. The number of amides is 1. The fourth-order valence-corrected chi connectivity index (χ4v) is 5.26. The number of allylic oxidation sites excluding steroid dienone is 2. The Bertz CT molecular complexity index is 940. The van der Waals surface area contributed by atoms with Gasteiger partial charge in [0.05, 0.1) is 5.54 Å². The maximum atomic E-state index is 12.9. The fourth-order valence-electron chi connectivity index (χ4n) is 5.26. The highest BCUT2D eigenvalue weighted by Gasteiger charge is 2.43. The molecule has 2 aromatic carbocycles. The molecule has 1 aliphatic carbocycles. The Morgan fingerprint density at radius 2 is 1.62 bits per heavy atom. The monoisotopic (exact) mass is 429 g/mol. The Morgan fingerprint density at radius 1 is 0.969 bits per heavy atom. The topological polar surface area (TPSA) is 35.6 Å². The number of nitrogens with zero attached hydrogens (tertiary/aromatic N) is 2. The standard InChI is InChI=1S/C28H35N3O/c1-3-30(4-2)27(32)25-15-13-24(14-16-25)26(23-11-7-5-8-12-23)28(17-9-6-10-18-28)31-21-19-29-20-22-31/h5-17,26,29H,3-4,18-22H2,1-2H3. The molecular weight excluding hydrogens is 394 g/mol. The minimum Gasteiger partial charge on any atom is -0.339 e. The minimum atomic E-state index is -0.122. The predicted octanol–water partition coefficient (Wildman–Crippen LogP) is 4.46. The summed E-state index contributed by atoms with van der Waals surface area (Å²) in [6.07, 6.45) is 10.1. The van der Waals surface area contributed by atoms with Crippen molar-refractivity contribution in [1.29, 1.82) is 0 Å². The molecule has 2 aromatic rings. The van der Waals surface area contributed by atoms with E-state index in [1.165, 1.54) is 11.1 Å². The quantitative estimate of drug-likeness (QED) is 0.706. The Morgan fingerprint density at radius 3 is 2.22 bits per heavy atom. The summed E-state index contributed by atoms with van der Waals surface area (Å²) in [6.45, 7) is 9.60. The number of benzene rings is 2. The van der Waals surface area contributed by atoms with Crippen LogP contribution in [0.2, 0.25) is 0 Å². The molecule has 2 atom stereocenters. The van der Waals surface area contributed by atoms with E-state index in [1.54, 1.807) is 0 Å². The molecule has 0 bridgehead atoms. The lowest BCUT2D eigenvalue weighted by molar-refractivity contribution is 0.0773. The lowest BCUT2D eigenvalue weighted by Crippen LogP contribution is -2.58. The van der Waals surface area contributed by atoms with E-state index in [2.05, 4.69) is 77.0 Å². The van der Waals surface area contributed by atoms with Crippen molar-refractivity contribution >= 4 is 5.91 Å². The summed E-state index contributed by atoms with van der Waals surface area (Å²) in [5.41, 5.74) is 3.21. The smallest absolute Gasteiger partial charge is 0.253 e. The highest BCUT2D eigenvalue weighted by atomic mass is 16.2. The van der Waals surface area contributed by atoms with Gasteiger partial charge in [0.25, 0.3) is 5.91 Å². The van der Waals surface area contributed by atoms with Crippen LogP contribution in [0, 0.1) is 0 Å². The van der Waals surface area contributed by atoms with E-state index in [-0.39, 0.29) is 17.4 Å². The lowest BCUT2D eigenvalue weighted by atomic mass is 9.70. The second kappa shape index (κ2) is 10.3. The van der Waals surface area contributed by atoms with Crippen LogP contribution in [0.3, 0.4) is 0 Å². The number of hydrogen-bond acceptors (Lipinski definition) is 3. The lowest BCUT2D eigenvalue weighted by Gasteiger charge is -2.50. The molecule has 1 saturated heterocycles. The van der Waals surface area contributed by atoms with Gasteiger partial charge in [-0.1, -0.05) is 66.8 Å². The van der Waals surface area contributed by atoms with E-state index in [4.69, 9.17) is 0 Å². The third kappa shape index (κ3) is 4.43. The van der Waals surface area contributed by atoms with Gasteiger partial charge in [-0.15, -0.1) is 0 Å². The van der Waals surface area contributed by atoms with Crippen molar-refractivity contribution in [2.45, 2.75) is 31.7 Å². The highest BCUT2D eigenvalue weighted by Crippen LogP contribution is 2.44. The zero-order valence-electron chi connectivity index (χ0n) is 19.3. The first kappa shape index (κ1) is 22.5. The van der Waals surface area contributed by atoms with Gasteiger partial charge in [-0.2, -0.15) is 0 Å². The molecule has 4 rings (SSSR count). The maximum absolute atomic E-state index is 12.9. The number of rotatable bonds is 7. The predicted molar refractivity (Wildman–Crippen MR) is 132 cm³/mol. The second-order valence-electron chi connectivity index (χ2n) is 8.66. The molecule has 4 heteroatoms. The number of hydrogen-bond donors (Lipinski definition) is 1. The van der Waals surface area contributed by atoms with Gasteiger partial charge >= 0.3 is 0 Å². The number of piperazine rings is 1. The van der Waals surface area contributed by atoms with Crippen LogP contribution in [-0.2, 0) is 0 Å². The molecular formula is C28H35N3O. The molecule has 4 nitrogen and oxygen atoms in total. The van der Waals surface area contributed by atoms with Crippen LogP contribution in [0.4, 0.5) is 0 Å². The van der Waals surface area contributed by atoms with Gasteiger partial charge in [0.15, 0.2) is 0 Å². The summed E-state index contributed by atoms with van der Waals surface area (Å²) in [4.78, 5) is 17.4. The average molecular weight is 430 g/mol. The summed E-state index contributed by atoms with van der Waals surface area (Å²) < 4.78 is 0. The van der Waals surface area contributed by atoms with Crippen LogP contribution in [0.15, 0.2) is 78.9 Å². The van der Waals surface area contributed by atoms with Crippen molar-refractivity contribution in [2.24, 2.45) is 0 Å². The Kier molecular flexibility index (Phi) is 7.23. The number of carbonyl (C=O) groups excluding carboxylic acids is 1. The molecule has 168 valence electrons. The largest absolute Gasteiger partial charge is 0.339 e. The Hall–Kier alpha value is -2.69. The first-order valence-electron chi connectivity index (χ1n) is 11.9. The molecule has 1 amide bonds. The van der Waals surface area contributed by atoms with Crippen molar-refractivity contribution in [3.63, 3.8) is 0 Å². The molecule has 0 saturated carbocycles. The average Bonchev–Trinajstić information content (AvgIpc) is 2.87. The van der Waals surface area contributed by atoms with Crippen LogP contribution in [-0.4, -0.2) is 60.5 Å². The van der Waals surface area contributed by atoms with E-state index in [9.17, 15) is 4.79 Å². The van der Waals surface area contributed by atoms with Crippen LogP contribution >= 0.6 is 0 Å². The first-order chi connectivity index (χ1) is 15.7. The zero-order valence-corrected chi connectivity index (χ0v) is 19.3. The van der Waals surface area contributed by atoms with Gasteiger partial charge in [-0.3, -0.25) is 9.69 Å². The molecule has 1 N–H and O–H groups in total. The van der Waals surface area contributed by atoms with E-state index < -0.39 is 0 Å². The maximum Gasteiger partial charge on any atom is 0.253 e. The third-order valence-corrected chi connectivity index (χ3v) is 6.96. The zero-order chi connectivity index (χ0) is 22.4. The molecule has 1 aliphatic heterocycles. The summed E-state index contributed by atoms with van der Waals surface area (Å²) in [7, 11) is 0. The molecule has 1 heterocycles. The summed E-state index contributed by atoms with van der Waals surface area (Å²) in [5.74, 6) is 0.288. The first-order valence-corrected chi connectivity index (χ1v) is 11.9. The summed E-state index contributed by atoms with van der Waals surface area (Å²) >= 11 is 0. The van der Waals surface area contributed by atoms with Crippen molar-refractivity contribution in [2.75, 3.05) is 39.3 Å². The molecule has 2 unspecified atom stereocenters. The van der Waals surface area contributed by atoms with Crippen LogP contribution < -0.4 is 5.32 Å². The summed E-state index contributed by atoms with van der Waals surface area (Å²) in [6, 6.07) is 19.2. The molecule has 32 heavy (non-hydrogen) atoms. The number of carbonyl (C=O) groups is 1. The van der Waals surface area contributed by atoms with Crippen LogP contribution in [0.1, 0.15) is 47.7 Å². The minimum absolute atomic E-state index is 0.107. The van der Waals surface area contributed by atoms with Crippen molar-refractivity contribution < 1.29 is 4.79 Å². The van der Waals surface area contributed by atoms with Gasteiger partial charge in [-0.05, 0) is 43.5 Å². The molecule has 0 aromatic heterocycles. The van der Waals surface area contributed by atoms with E-state index in [0.717, 1.165) is 51.3 Å². The molecule has 1 fully saturated rings. The Labute approximate surface area is 192 Å². The van der Waals surface area contributed by atoms with Gasteiger partial charge in [0, 0.05) is 50.7 Å². The van der Waals surface area contributed by atoms with Crippen molar-refractivity contribution in [1.82, 2.24) is 15.1 Å². The SMILES string of the molecule is CCN(CC)C(=O)c1ccc(C(c2ccccc2)C2(N3CCNCC3)C=CC=CC2)cc1. The molecule has 0 radical (unpaired) electrons. The normalized spacial score (nSPS) is 21.9. The second-order valence-corrected chi connectivity index (χ2v) is 8.66. The number of nitrogens with one attached hydrogen (secondary N) is 1. The van der Waals surface area contributed by atoms with Crippen molar-refractivity contribution in [3.8, 4) is 0 Å². The van der Waals surface area contributed by atoms with Crippen LogP contribution in [0.5, 0.6) is 0 Å². The van der Waals surface area contributed by atoms with E-state index >= 15 is 0 Å². The molecule has 2 aliphatic rings. The van der Waals surface area contributed by atoms with Gasteiger partial charge < -0.3 is 10.2 Å².